The molecule has 23 heavy (non-hydrogen) atoms. The molecular formula is C19H22O4. The average Bonchev–Trinajstić information content (AvgIpc) is 2.55. The minimum Gasteiger partial charge on any atom is -0.488 e. The van der Waals surface area contributed by atoms with Gasteiger partial charge in [0.1, 0.15) is 11.9 Å². The molecule has 0 aliphatic heterocycles. The minimum atomic E-state index is -0.371. The third-order valence-corrected chi connectivity index (χ3v) is 3.38. The number of methoxy groups -OCH3 is 2. The van der Waals surface area contributed by atoms with Crippen molar-refractivity contribution in [3.8, 4) is 5.75 Å². The molecule has 0 fully saturated rings. The van der Waals surface area contributed by atoms with E-state index in [1.807, 2.05) is 37.3 Å². The van der Waals surface area contributed by atoms with E-state index in [2.05, 4.69) is 12.1 Å². The van der Waals surface area contributed by atoms with Crippen LogP contribution in [0.25, 0.3) is 0 Å². The topological polar surface area (TPSA) is 44.8 Å². The van der Waals surface area contributed by atoms with Gasteiger partial charge in [0.05, 0.1) is 19.3 Å². The van der Waals surface area contributed by atoms with Crippen LogP contribution in [-0.4, -0.2) is 32.9 Å². The van der Waals surface area contributed by atoms with E-state index in [9.17, 15) is 4.79 Å². The maximum absolute atomic E-state index is 11.9. The van der Waals surface area contributed by atoms with Crippen LogP contribution >= 0.6 is 0 Å². The van der Waals surface area contributed by atoms with Crippen LogP contribution in [-0.2, 0) is 15.9 Å². The van der Waals surface area contributed by atoms with Crippen molar-refractivity contribution in [2.75, 3.05) is 20.8 Å². The molecule has 0 aromatic heterocycles. The fourth-order valence-corrected chi connectivity index (χ4v) is 2.40. The molecule has 0 radical (unpaired) electrons. The van der Waals surface area contributed by atoms with Crippen LogP contribution in [0.5, 0.6) is 5.75 Å². The Labute approximate surface area is 137 Å². The summed E-state index contributed by atoms with van der Waals surface area (Å²) in [6.45, 7) is 2.40. The van der Waals surface area contributed by atoms with E-state index in [1.54, 1.807) is 13.2 Å². The first-order chi connectivity index (χ1) is 11.1. The zero-order valence-electron chi connectivity index (χ0n) is 13.7. The van der Waals surface area contributed by atoms with Gasteiger partial charge in [-0.3, -0.25) is 0 Å². The Hall–Kier alpha value is -2.33. The fraction of sp³-hybridized carbons (Fsp3) is 0.316. The number of hydrogen-bond acceptors (Lipinski definition) is 4. The molecule has 122 valence electrons. The highest BCUT2D eigenvalue weighted by Crippen LogP contribution is 2.21. The minimum absolute atomic E-state index is 0.0996. The van der Waals surface area contributed by atoms with Crippen molar-refractivity contribution in [3.05, 3.63) is 65.2 Å². The number of rotatable bonds is 7. The van der Waals surface area contributed by atoms with E-state index in [-0.39, 0.29) is 12.1 Å². The smallest absolute Gasteiger partial charge is 0.337 e. The average molecular weight is 314 g/mol. The number of benzene rings is 2. The molecular weight excluding hydrogens is 292 g/mol. The van der Waals surface area contributed by atoms with Gasteiger partial charge in [-0.1, -0.05) is 30.3 Å². The van der Waals surface area contributed by atoms with Crippen LogP contribution < -0.4 is 4.74 Å². The summed E-state index contributed by atoms with van der Waals surface area (Å²) in [5, 5.41) is 0. The summed E-state index contributed by atoms with van der Waals surface area (Å²) in [5.74, 6) is 0.271. The third-order valence-electron chi connectivity index (χ3n) is 3.38. The predicted molar refractivity (Wildman–Crippen MR) is 89.0 cm³/mol. The van der Waals surface area contributed by atoms with Crippen LogP contribution in [0.15, 0.2) is 48.5 Å². The normalized spacial score (nSPS) is 11.8. The van der Waals surface area contributed by atoms with Crippen molar-refractivity contribution in [2.24, 2.45) is 0 Å². The Morgan fingerprint density at radius 1 is 1.04 bits per heavy atom. The van der Waals surface area contributed by atoms with E-state index in [0.717, 1.165) is 12.0 Å². The molecule has 1 atom stereocenters. The summed E-state index contributed by atoms with van der Waals surface area (Å²) in [5.41, 5.74) is 2.66. The molecule has 0 N–H and O–H groups in total. The van der Waals surface area contributed by atoms with Gasteiger partial charge >= 0.3 is 5.97 Å². The van der Waals surface area contributed by atoms with E-state index >= 15 is 0 Å². The number of carbonyl (C=O) groups is 1. The molecule has 2 rings (SSSR count). The maximum atomic E-state index is 11.9. The number of hydrogen-bond donors (Lipinski definition) is 0. The van der Waals surface area contributed by atoms with Crippen molar-refractivity contribution in [1.82, 2.24) is 0 Å². The van der Waals surface area contributed by atoms with Crippen molar-refractivity contribution in [3.63, 3.8) is 0 Å². The van der Waals surface area contributed by atoms with E-state index in [0.29, 0.717) is 17.9 Å². The Morgan fingerprint density at radius 3 is 2.43 bits per heavy atom. The van der Waals surface area contributed by atoms with Crippen LogP contribution in [0.2, 0.25) is 0 Å². The highest BCUT2D eigenvalue weighted by Gasteiger charge is 2.12. The molecule has 0 bridgehead atoms. The number of esters is 1. The first-order valence-corrected chi connectivity index (χ1v) is 7.54. The first kappa shape index (κ1) is 17.0. The zero-order chi connectivity index (χ0) is 16.7. The fourth-order valence-electron chi connectivity index (χ4n) is 2.40. The Balaban J connectivity index is 2.27. The molecule has 4 heteroatoms. The maximum Gasteiger partial charge on any atom is 0.337 e. The molecule has 0 unspecified atom stereocenters. The molecule has 2 aromatic rings. The first-order valence-electron chi connectivity index (χ1n) is 7.54. The van der Waals surface area contributed by atoms with Crippen molar-refractivity contribution in [2.45, 2.75) is 19.4 Å². The van der Waals surface area contributed by atoms with E-state index in [4.69, 9.17) is 14.2 Å². The SMILES string of the molecule is COC[C@H](C)Oc1cc(Cc2ccccc2)cc(C(=O)OC)c1. The van der Waals surface area contributed by atoms with Crippen LogP contribution in [0, 0.1) is 0 Å². The van der Waals surface area contributed by atoms with E-state index < -0.39 is 0 Å². The third kappa shape index (κ3) is 5.11. The van der Waals surface area contributed by atoms with E-state index in [1.165, 1.54) is 12.7 Å². The highest BCUT2D eigenvalue weighted by atomic mass is 16.5. The molecule has 0 aliphatic rings. The lowest BCUT2D eigenvalue weighted by atomic mass is 10.0. The molecule has 0 amide bonds. The second kappa shape index (κ2) is 8.34. The molecule has 2 aromatic carbocycles. The van der Waals surface area contributed by atoms with Gasteiger partial charge in [-0.2, -0.15) is 0 Å². The van der Waals surface area contributed by atoms with Crippen LogP contribution in [0.3, 0.4) is 0 Å². The molecule has 0 saturated heterocycles. The van der Waals surface area contributed by atoms with Crippen molar-refractivity contribution in [1.29, 1.82) is 0 Å². The van der Waals surface area contributed by atoms with Crippen LogP contribution in [0.1, 0.15) is 28.4 Å². The molecule has 0 heterocycles. The van der Waals surface area contributed by atoms with Gasteiger partial charge in [0.15, 0.2) is 0 Å². The van der Waals surface area contributed by atoms with Gasteiger partial charge in [-0.25, -0.2) is 4.79 Å². The summed E-state index contributed by atoms with van der Waals surface area (Å²) in [6, 6.07) is 15.6. The number of carbonyl (C=O) groups excluding carboxylic acids is 1. The standard InChI is InChI=1S/C19H22O4/c1-14(13-21-2)23-18-11-16(9-15-7-5-4-6-8-15)10-17(12-18)19(20)22-3/h4-8,10-12,14H,9,13H2,1-3H3/t14-/m0/s1. The van der Waals surface area contributed by atoms with Gasteiger partial charge in [0.25, 0.3) is 0 Å². The second-order valence-electron chi connectivity index (χ2n) is 5.40. The highest BCUT2D eigenvalue weighted by molar-refractivity contribution is 5.90. The van der Waals surface area contributed by atoms with Gasteiger partial charge in [-0.05, 0) is 42.7 Å². The summed E-state index contributed by atoms with van der Waals surface area (Å²) in [6.07, 6.45) is 0.623. The van der Waals surface area contributed by atoms with Gasteiger partial charge < -0.3 is 14.2 Å². The molecule has 0 saturated carbocycles. The largest absolute Gasteiger partial charge is 0.488 e. The Morgan fingerprint density at radius 2 is 1.78 bits per heavy atom. The van der Waals surface area contributed by atoms with Gasteiger partial charge in [0, 0.05) is 7.11 Å². The predicted octanol–water partition coefficient (Wildman–Crippen LogP) is 3.48. The summed E-state index contributed by atoms with van der Waals surface area (Å²) in [7, 11) is 3.01. The summed E-state index contributed by atoms with van der Waals surface area (Å²) in [4.78, 5) is 11.9. The van der Waals surface area contributed by atoms with Gasteiger partial charge in [0.2, 0.25) is 0 Å². The van der Waals surface area contributed by atoms with Crippen LogP contribution in [0.4, 0.5) is 0 Å². The summed E-state index contributed by atoms with van der Waals surface area (Å²) >= 11 is 0. The van der Waals surface area contributed by atoms with Gasteiger partial charge in [-0.15, -0.1) is 0 Å². The Bertz CT molecular complexity index is 637. The lowest BCUT2D eigenvalue weighted by Crippen LogP contribution is -2.18. The molecule has 0 spiro atoms. The van der Waals surface area contributed by atoms with Crippen molar-refractivity contribution >= 4 is 5.97 Å². The summed E-state index contributed by atoms with van der Waals surface area (Å²) < 4.78 is 15.7. The molecule has 0 aliphatic carbocycles. The Kier molecular flexibility index (Phi) is 6.18. The quantitative estimate of drug-likeness (QED) is 0.734. The lowest BCUT2D eigenvalue weighted by Gasteiger charge is -2.15. The number of ether oxygens (including phenoxy) is 3. The van der Waals surface area contributed by atoms with Crippen molar-refractivity contribution < 1.29 is 19.0 Å². The zero-order valence-corrected chi connectivity index (χ0v) is 13.7. The lowest BCUT2D eigenvalue weighted by molar-refractivity contribution is 0.0598. The second-order valence-corrected chi connectivity index (χ2v) is 5.40. The molecule has 4 nitrogen and oxygen atoms in total. The monoisotopic (exact) mass is 314 g/mol.